The summed E-state index contributed by atoms with van der Waals surface area (Å²) in [7, 11) is 0. The van der Waals surface area contributed by atoms with Crippen molar-refractivity contribution in [2.24, 2.45) is 11.8 Å². The van der Waals surface area contributed by atoms with E-state index in [0.717, 1.165) is 50.8 Å². The number of furan rings is 1. The Morgan fingerprint density at radius 3 is 2.61 bits per heavy atom. The quantitative estimate of drug-likeness (QED) is 0.833. The van der Waals surface area contributed by atoms with Crippen LogP contribution in [0.25, 0.3) is 0 Å². The number of hydrogen-bond acceptors (Lipinski definition) is 3. The van der Waals surface area contributed by atoms with Gasteiger partial charge < -0.3 is 9.32 Å². The molecule has 0 bridgehead atoms. The highest BCUT2D eigenvalue weighted by Gasteiger charge is 2.26. The number of carbonyl (C=O) groups excluding carboxylic acids is 1. The monoisotopic (exact) mass is 318 g/mol. The van der Waals surface area contributed by atoms with Crippen LogP contribution in [0.4, 0.5) is 0 Å². The molecular formula is C19H30N2O2. The summed E-state index contributed by atoms with van der Waals surface area (Å²) in [5.41, 5.74) is 0. The molecule has 1 amide bonds. The van der Waals surface area contributed by atoms with E-state index in [0.29, 0.717) is 11.8 Å². The summed E-state index contributed by atoms with van der Waals surface area (Å²) < 4.78 is 5.41. The highest BCUT2D eigenvalue weighted by atomic mass is 16.3. The molecule has 0 N–H and O–H groups in total. The molecule has 2 heterocycles. The minimum absolute atomic E-state index is 0.362. The molecule has 128 valence electrons. The van der Waals surface area contributed by atoms with Gasteiger partial charge in [0.2, 0.25) is 5.91 Å². The lowest BCUT2D eigenvalue weighted by molar-refractivity contribution is -0.134. The van der Waals surface area contributed by atoms with Crippen LogP contribution in [0.1, 0.15) is 51.2 Å². The molecular weight excluding hydrogens is 288 g/mol. The second-order valence-electron chi connectivity index (χ2n) is 7.32. The summed E-state index contributed by atoms with van der Waals surface area (Å²) in [6.07, 6.45) is 9.21. The van der Waals surface area contributed by atoms with E-state index in [9.17, 15) is 4.79 Å². The van der Waals surface area contributed by atoms with Crippen molar-refractivity contribution < 1.29 is 9.21 Å². The fourth-order valence-corrected chi connectivity index (χ4v) is 4.05. The number of hydrogen-bond donors (Lipinski definition) is 0. The minimum Gasteiger partial charge on any atom is -0.468 e. The SMILES string of the molecule is CC(CC(=O)N1CCN(Cc2ccco2)CC1)C1CCCCC1. The van der Waals surface area contributed by atoms with Crippen LogP contribution in [-0.2, 0) is 11.3 Å². The molecule has 4 nitrogen and oxygen atoms in total. The van der Waals surface area contributed by atoms with Gasteiger partial charge in [-0.3, -0.25) is 9.69 Å². The van der Waals surface area contributed by atoms with Crippen LogP contribution in [0.15, 0.2) is 22.8 Å². The van der Waals surface area contributed by atoms with Gasteiger partial charge in [-0.2, -0.15) is 0 Å². The highest BCUT2D eigenvalue weighted by Crippen LogP contribution is 2.31. The van der Waals surface area contributed by atoms with Gasteiger partial charge >= 0.3 is 0 Å². The number of rotatable bonds is 5. The summed E-state index contributed by atoms with van der Waals surface area (Å²) in [5.74, 6) is 2.69. The van der Waals surface area contributed by atoms with Crippen LogP contribution in [-0.4, -0.2) is 41.9 Å². The maximum absolute atomic E-state index is 12.6. The van der Waals surface area contributed by atoms with E-state index in [-0.39, 0.29) is 0 Å². The fourth-order valence-electron chi connectivity index (χ4n) is 4.05. The summed E-state index contributed by atoms with van der Waals surface area (Å²) in [4.78, 5) is 17.0. The normalized spacial score (nSPS) is 22.2. The largest absolute Gasteiger partial charge is 0.468 e. The van der Waals surface area contributed by atoms with Crippen molar-refractivity contribution in [2.75, 3.05) is 26.2 Å². The summed E-state index contributed by atoms with van der Waals surface area (Å²) >= 11 is 0. The molecule has 3 rings (SSSR count). The molecule has 0 spiro atoms. The Hall–Kier alpha value is -1.29. The van der Waals surface area contributed by atoms with E-state index in [1.807, 2.05) is 12.1 Å². The zero-order valence-electron chi connectivity index (χ0n) is 14.4. The average molecular weight is 318 g/mol. The van der Waals surface area contributed by atoms with Crippen molar-refractivity contribution in [3.05, 3.63) is 24.2 Å². The molecule has 4 heteroatoms. The second-order valence-corrected chi connectivity index (χ2v) is 7.32. The molecule has 2 aliphatic rings. The van der Waals surface area contributed by atoms with E-state index < -0.39 is 0 Å². The molecule has 2 fully saturated rings. The lowest BCUT2D eigenvalue weighted by Crippen LogP contribution is -2.48. The third-order valence-electron chi connectivity index (χ3n) is 5.64. The van der Waals surface area contributed by atoms with Gasteiger partial charge in [0.15, 0.2) is 0 Å². The van der Waals surface area contributed by atoms with Crippen molar-refractivity contribution in [3.8, 4) is 0 Å². The molecule has 0 radical (unpaired) electrons. The number of amides is 1. The Morgan fingerprint density at radius 1 is 1.22 bits per heavy atom. The smallest absolute Gasteiger partial charge is 0.222 e. The second kappa shape index (κ2) is 8.00. The Bertz CT molecular complexity index is 472. The molecule has 1 aliphatic carbocycles. The predicted molar refractivity (Wildman–Crippen MR) is 90.9 cm³/mol. The molecule has 1 saturated heterocycles. The van der Waals surface area contributed by atoms with Crippen molar-refractivity contribution in [2.45, 2.75) is 52.0 Å². The van der Waals surface area contributed by atoms with Crippen LogP contribution in [0.3, 0.4) is 0 Å². The van der Waals surface area contributed by atoms with Gasteiger partial charge in [0.25, 0.3) is 0 Å². The maximum atomic E-state index is 12.6. The highest BCUT2D eigenvalue weighted by molar-refractivity contribution is 5.76. The van der Waals surface area contributed by atoms with Gasteiger partial charge in [-0.1, -0.05) is 39.0 Å². The van der Waals surface area contributed by atoms with Crippen molar-refractivity contribution >= 4 is 5.91 Å². The summed E-state index contributed by atoms with van der Waals surface area (Å²) in [5, 5.41) is 0. The van der Waals surface area contributed by atoms with Crippen LogP contribution in [0, 0.1) is 11.8 Å². The molecule has 1 saturated carbocycles. The molecule has 1 atom stereocenters. The first-order valence-electron chi connectivity index (χ1n) is 9.25. The number of piperazine rings is 1. The first kappa shape index (κ1) is 16.6. The van der Waals surface area contributed by atoms with Crippen LogP contribution in [0.2, 0.25) is 0 Å². The fraction of sp³-hybridized carbons (Fsp3) is 0.737. The Balaban J connectivity index is 1.40. The maximum Gasteiger partial charge on any atom is 0.222 e. The van der Waals surface area contributed by atoms with Crippen LogP contribution < -0.4 is 0 Å². The van der Waals surface area contributed by atoms with E-state index in [2.05, 4.69) is 16.7 Å². The zero-order chi connectivity index (χ0) is 16.1. The number of carbonyl (C=O) groups is 1. The lowest BCUT2D eigenvalue weighted by Gasteiger charge is -2.35. The van der Waals surface area contributed by atoms with E-state index >= 15 is 0 Å². The minimum atomic E-state index is 0.362. The van der Waals surface area contributed by atoms with Crippen LogP contribution in [0.5, 0.6) is 0 Å². The van der Waals surface area contributed by atoms with Gasteiger partial charge in [-0.25, -0.2) is 0 Å². The Kier molecular flexibility index (Phi) is 5.76. The third kappa shape index (κ3) is 4.60. The summed E-state index contributed by atoms with van der Waals surface area (Å²) in [6, 6.07) is 3.95. The standard InChI is InChI=1S/C19H30N2O2/c1-16(17-6-3-2-4-7-17)14-19(22)21-11-9-20(10-12-21)15-18-8-5-13-23-18/h5,8,13,16-17H,2-4,6-7,9-12,14-15H2,1H3. The van der Waals surface area contributed by atoms with E-state index in [1.165, 1.54) is 32.1 Å². The van der Waals surface area contributed by atoms with Gasteiger partial charge in [0, 0.05) is 32.6 Å². The van der Waals surface area contributed by atoms with Gasteiger partial charge in [-0.15, -0.1) is 0 Å². The molecule has 1 aromatic rings. The van der Waals surface area contributed by atoms with Gasteiger partial charge in [0.05, 0.1) is 12.8 Å². The first-order chi connectivity index (χ1) is 11.2. The average Bonchev–Trinajstić information content (AvgIpc) is 3.09. The van der Waals surface area contributed by atoms with Crippen molar-refractivity contribution in [3.63, 3.8) is 0 Å². The zero-order valence-corrected chi connectivity index (χ0v) is 14.4. The first-order valence-corrected chi connectivity index (χ1v) is 9.25. The topological polar surface area (TPSA) is 36.7 Å². The van der Waals surface area contributed by atoms with E-state index in [1.54, 1.807) is 6.26 Å². The summed E-state index contributed by atoms with van der Waals surface area (Å²) in [6.45, 7) is 6.75. The Morgan fingerprint density at radius 2 is 1.96 bits per heavy atom. The van der Waals surface area contributed by atoms with E-state index in [4.69, 9.17) is 4.42 Å². The molecule has 0 aromatic carbocycles. The number of nitrogens with zero attached hydrogens (tertiary/aromatic N) is 2. The van der Waals surface area contributed by atoms with Gasteiger partial charge in [0.1, 0.15) is 5.76 Å². The van der Waals surface area contributed by atoms with Crippen LogP contribution >= 0.6 is 0 Å². The molecule has 23 heavy (non-hydrogen) atoms. The predicted octanol–water partition coefficient (Wildman–Crippen LogP) is 3.53. The van der Waals surface area contributed by atoms with Crippen molar-refractivity contribution in [1.29, 1.82) is 0 Å². The molecule has 1 aliphatic heterocycles. The van der Waals surface area contributed by atoms with Gasteiger partial charge in [-0.05, 0) is 24.0 Å². The molecule has 1 unspecified atom stereocenters. The Labute approximate surface area is 139 Å². The lowest BCUT2D eigenvalue weighted by atomic mass is 9.79. The third-order valence-corrected chi connectivity index (χ3v) is 5.64. The molecule has 1 aromatic heterocycles. The van der Waals surface area contributed by atoms with Crippen molar-refractivity contribution in [1.82, 2.24) is 9.80 Å².